The molecule has 1 rings (SSSR count). The Bertz CT molecular complexity index is 233. The topological polar surface area (TPSA) is 58.4 Å². The van der Waals surface area contributed by atoms with Crippen LogP contribution in [0.5, 0.6) is 0 Å². The van der Waals surface area contributed by atoms with Crippen LogP contribution in [-0.2, 0) is 4.79 Å². The van der Waals surface area contributed by atoms with Gasteiger partial charge in [0.25, 0.3) is 0 Å². The second kappa shape index (κ2) is 7.67. The van der Waals surface area contributed by atoms with E-state index >= 15 is 0 Å². The number of nitrogens with zero attached hydrogens (tertiary/aromatic N) is 1. The molecule has 0 aliphatic heterocycles. The van der Waals surface area contributed by atoms with Gasteiger partial charge < -0.3 is 11.1 Å². The Kier molecular flexibility index (Phi) is 6.52. The molecule has 4 nitrogen and oxygen atoms in total. The lowest BCUT2D eigenvalue weighted by Crippen LogP contribution is -2.46. The number of rotatable bonds is 6. The number of amides is 1. The second-order valence-electron chi connectivity index (χ2n) is 4.90. The van der Waals surface area contributed by atoms with E-state index in [2.05, 4.69) is 17.1 Å². The zero-order valence-electron chi connectivity index (χ0n) is 11.2. The Morgan fingerprint density at radius 3 is 2.71 bits per heavy atom. The fraction of sp³-hybridized carbons (Fsp3) is 0.923. The molecule has 100 valence electrons. The van der Waals surface area contributed by atoms with Crippen molar-refractivity contribution < 1.29 is 4.79 Å². The van der Waals surface area contributed by atoms with Gasteiger partial charge in [-0.25, -0.2) is 0 Å². The molecule has 0 aromatic rings. The Morgan fingerprint density at radius 2 is 2.12 bits per heavy atom. The van der Waals surface area contributed by atoms with Crippen molar-refractivity contribution in [1.82, 2.24) is 10.2 Å². The van der Waals surface area contributed by atoms with Crippen LogP contribution in [0, 0.1) is 5.92 Å². The molecule has 1 saturated carbocycles. The summed E-state index contributed by atoms with van der Waals surface area (Å²) in [6.45, 7) is 4.82. The molecular weight excluding hydrogens is 214 g/mol. The van der Waals surface area contributed by atoms with E-state index in [1.165, 1.54) is 25.7 Å². The highest BCUT2D eigenvalue weighted by atomic mass is 16.1. The van der Waals surface area contributed by atoms with E-state index < -0.39 is 0 Å². The lowest BCUT2D eigenvalue weighted by molar-refractivity contribution is -0.121. The monoisotopic (exact) mass is 241 g/mol. The van der Waals surface area contributed by atoms with Gasteiger partial charge in [-0.3, -0.25) is 9.69 Å². The quantitative estimate of drug-likeness (QED) is 0.728. The highest BCUT2D eigenvalue weighted by Crippen LogP contribution is 2.27. The lowest BCUT2D eigenvalue weighted by Gasteiger charge is -2.39. The van der Waals surface area contributed by atoms with Gasteiger partial charge in [0, 0.05) is 26.1 Å². The van der Waals surface area contributed by atoms with Gasteiger partial charge in [-0.15, -0.1) is 0 Å². The summed E-state index contributed by atoms with van der Waals surface area (Å²) in [6.07, 6.45) is 5.70. The van der Waals surface area contributed by atoms with E-state index in [0.717, 1.165) is 19.6 Å². The minimum absolute atomic E-state index is 0.128. The average Bonchev–Trinajstić information content (AvgIpc) is 2.39. The number of nitrogens with two attached hydrogens (primary N) is 1. The van der Waals surface area contributed by atoms with Gasteiger partial charge in [-0.2, -0.15) is 0 Å². The predicted octanol–water partition coefficient (Wildman–Crippen LogP) is 0.962. The maximum atomic E-state index is 11.3. The maximum absolute atomic E-state index is 11.3. The molecule has 0 bridgehead atoms. The Labute approximate surface area is 105 Å². The number of carbonyl (C=O) groups is 1. The van der Waals surface area contributed by atoms with Crippen molar-refractivity contribution in [2.45, 2.75) is 45.1 Å². The van der Waals surface area contributed by atoms with Gasteiger partial charge in [-0.05, 0) is 31.8 Å². The Hall–Kier alpha value is -0.610. The van der Waals surface area contributed by atoms with Crippen molar-refractivity contribution in [3.05, 3.63) is 0 Å². The molecule has 0 spiro atoms. The molecule has 1 amide bonds. The number of carbonyl (C=O) groups excluding carboxylic acids is 1. The molecule has 1 fully saturated rings. The van der Waals surface area contributed by atoms with Crippen molar-refractivity contribution in [2.24, 2.45) is 11.7 Å². The number of hydrogen-bond donors (Lipinski definition) is 2. The van der Waals surface area contributed by atoms with Crippen LogP contribution < -0.4 is 11.1 Å². The fourth-order valence-electron chi connectivity index (χ4n) is 2.87. The van der Waals surface area contributed by atoms with Crippen molar-refractivity contribution in [3.8, 4) is 0 Å². The highest BCUT2D eigenvalue weighted by Gasteiger charge is 2.28. The zero-order chi connectivity index (χ0) is 12.7. The first kappa shape index (κ1) is 14.5. The van der Waals surface area contributed by atoms with Crippen LogP contribution in [-0.4, -0.2) is 43.5 Å². The van der Waals surface area contributed by atoms with E-state index in [-0.39, 0.29) is 5.91 Å². The third kappa shape index (κ3) is 4.28. The number of nitrogens with one attached hydrogen (secondary N) is 1. The Balaban J connectivity index is 2.49. The van der Waals surface area contributed by atoms with E-state index in [1.807, 2.05) is 0 Å². The van der Waals surface area contributed by atoms with E-state index in [4.69, 9.17) is 5.73 Å². The molecule has 1 aliphatic rings. The molecule has 2 atom stereocenters. The molecule has 4 heteroatoms. The lowest BCUT2D eigenvalue weighted by atomic mass is 9.83. The minimum Gasteiger partial charge on any atom is -0.359 e. The zero-order valence-corrected chi connectivity index (χ0v) is 11.2. The summed E-state index contributed by atoms with van der Waals surface area (Å²) in [5.41, 5.74) is 5.86. The van der Waals surface area contributed by atoms with Crippen molar-refractivity contribution in [2.75, 3.05) is 26.7 Å². The van der Waals surface area contributed by atoms with Crippen LogP contribution in [0.4, 0.5) is 0 Å². The largest absolute Gasteiger partial charge is 0.359 e. The van der Waals surface area contributed by atoms with Crippen molar-refractivity contribution >= 4 is 5.91 Å². The number of hydrogen-bond acceptors (Lipinski definition) is 3. The van der Waals surface area contributed by atoms with Crippen LogP contribution in [0.3, 0.4) is 0 Å². The molecule has 0 radical (unpaired) electrons. The molecule has 1 aliphatic carbocycles. The summed E-state index contributed by atoms with van der Waals surface area (Å²) in [6, 6.07) is 0.586. The van der Waals surface area contributed by atoms with Crippen LogP contribution in [0.15, 0.2) is 0 Å². The molecular formula is C13H27N3O. The van der Waals surface area contributed by atoms with Crippen molar-refractivity contribution in [1.29, 1.82) is 0 Å². The van der Waals surface area contributed by atoms with E-state index in [1.54, 1.807) is 7.05 Å². The Morgan fingerprint density at radius 1 is 1.41 bits per heavy atom. The predicted molar refractivity (Wildman–Crippen MR) is 70.7 cm³/mol. The highest BCUT2D eigenvalue weighted by molar-refractivity contribution is 5.75. The van der Waals surface area contributed by atoms with Gasteiger partial charge >= 0.3 is 0 Å². The molecule has 0 saturated heterocycles. The first-order valence-corrected chi connectivity index (χ1v) is 6.87. The maximum Gasteiger partial charge on any atom is 0.221 e. The summed E-state index contributed by atoms with van der Waals surface area (Å²) in [4.78, 5) is 13.7. The van der Waals surface area contributed by atoms with Gasteiger partial charge in [0.15, 0.2) is 0 Å². The first-order chi connectivity index (χ1) is 8.22. The summed E-state index contributed by atoms with van der Waals surface area (Å²) in [5.74, 6) is 0.747. The van der Waals surface area contributed by atoms with Crippen LogP contribution in [0.1, 0.15) is 39.0 Å². The van der Waals surface area contributed by atoms with Crippen LogP contribution >= 0.6 is 0 Å². The standard InChI is InChI=1S/C13H27N3O/c1-3-16(9-8-13(17)15-2)12-7-5-4-6-11(12)10-14/h11-12H,3-10,14H2,1-2H3,(H,15,17). The van der Waals surface area contributed by atoms with Crippen molar-refractivity contribution in [3.63, 3.8) is 0 Å². The smallest absolute Gasteiger partial charge is 0.221 e. The van der Waals surface area contributed by atoms with Gasteiger partial charge in [0.05, 0.1) is 0 Å². The second-order valence-corrected chi connectivity index (χ2v) is 4.90. The summed E-state index contributed by atoms with van der Waals surface area (Å²) < 4.78 is 0. The molecule has 2 unspecified atom stereocenters. The fourth-order valence-corrected chi connectivity index (χ4v) is 2.87. The van der Waals surface area contributed by atoms with Gasteiger partial charge in [-0.1, -0.05) is 19.8 Å². The normalized spacial score (nSPS) is 24.9. The third-order valence-electron chi connectivity index (χ3n) is 3.95. The SMILES string of the molecule is CCN(CCC(=O)NC)C1CCCCC1CN. The first-order valence-electron chi connectivity index (χ1n) is 6.87. The average molecular weight is 241 g/mol. The molecule has 0 aromatic heterocycles. The molecule has 3 N–H and O–H groups in total. The third-order valence-corrected chi connectivity index (χ3v) is 3.95. The summed E-state index contributed by atoms with van der Waals surface area (Å²) in [5, 5.41) is 2.68. The molecule has 0 aromatic carbocycles. The molecule has 17 heavy (non-hydrogen) atoms. The van der Waals surface area contributed by atoms with E-state index in [9.17, 15) is 4.79 Å². The summed E-state index contributed by atoms with van der Waals surface area (Å²) >= 11 is 0. The van der Waals surface area contributed by atoms with E-state index in [0.29, 0.717) is 18.4 Å². The summed E-state index contributed by atoms with van der Waals surface area (Å²) in [7, 11) is 1.70. The van der Waals surface area contributed by atoms with Gasteiger partial charge in [0.1, 0.15) is 0 Å². The molecule has 0 heterocycles. The van der Waals surface area contributed by atoms with Crippen LogP contribution in [0.25, 0.3) is 0 Å². The minimum atomic E-state index is 0.128. The van der Waals surface area contributed by atoms with Gasteiger partial charge in [0.2, 0.25) is 5.91 Å². The van der Waals surface area contributed by atoms with Crippen LogP contribution in [0.2, 0.25) is 0 Å².